The van der Waals surface area contributed by atoms with E-state index in [2.05, 4.69) is 69.3 Å². The highest BCUT2D eigenvalue weighted by Crippen LogP contribution is 2.38. The molecule has 0 saturated carbocycles. The number of carbonyl (C=O) groups excluding carboxylic acids is 2. The minimum Gasteiger partial charge on any atom is -0.447 e. The van der Waals surface area contributed by atoms with Crippen LogP contribution in [0.5, 0.6) is 0 Å². The van der Waals surface area contributed by atoms with E-state index in [-0.39, 0.29) is 35.8 Å². The highest BCUT2D eigenvalue weighted by molar-refractivity contribution is 6.99. The molecule has 0 N–H and O–H groups in total. The lowest BCUT2D eigenvalue weighted by atomic mass is 9.98. The van der Waals surface area contributed by atoms with Gasteiger partial charge in [0.25, 0.3) is 8.32 Å². The standard InChI is InChI=1S/C34H41NO5Si/c1-25(32(36)35-27(23-38-33(35)37)22-26-14-8-5-9-15-26)31-21-20-28(40-31)24-39-41(34(2,3)4,29-16-10-6-11-17-29)30-18-12-7-13-19-30/h5-19,25,27-28,31H,20-24H2,1-4H3/t25-,27+,28-,31+/m0/s1. The van der Waals surface area contributed by atoms with Gasteiger partial charge in [-0.2, -0.15) is 0 Å². The van der Waals surface area contributed by atoms with E-state index in [0.29, 0.717) is 13.0 Å². The fraction of sp³-hybridized carbons (Fsp3) is 0.412. The zero-order valence-electron chi connectivity index (χ0n) is 24.5. The molecule has 4 atom stereocenters. The number of benzene rings is 3. The average molecular weight is 572 g/mol. The predicted octanol–water partition coefficient (Wildman–Crippen LogP) is 5.34. The zero-order valence-corrected chi connectivity index (χ0v) is 25.5. The Hall–Kier alpha value is -3.26. The van der Waals surface area contributed by atoms with E-state index in [1.807, 2.05) is 49.4 Å². The highest BCUT2D eigenvalue weighted by atomic mass is 28.4. The van der Waals surface area contributed by atoms with E-state index in [0.717, 1.165) is 18.4 Å². The molecule has 0 radical (unpaired) electrons. The van der Waals surface area contributed by atoms with Crippen LogP contribution in [0.25, 0.3) is 0 Å². The normalized spacial score (nSPS) is 22.0. The van der Waals surface area contributed by atoms with Crippen molar-refractivity contribution in [2.24, 2.45) is 5.92 Å². The Morgan fingerprint density at radius 1 is 0.927 bits per heavy atom. The van der Waals surface area contributed by atoms with Crippen molar-refractivity contribution in [3.63, 3.8) is 0 Å². The lowest BCUT2D eigenvalue weighted by Crippen LogP contribution is -2.67. The summed E-state index contributed by atoms with van der Waals surface area (Å²) in [6, 6.07) is 30.7. The quantitative estimate of drug-likeness (QED) is 0.325. The average Bonchev–Trinajstić information content (AvgIpc) is 3.60. The maximum atomic E-state index is 13.6. The summed E-state index contributed by atoms with van der Waals surface area (Å²) in [5.74, 6) is -0.691. The summed E-state index contributed by atoms with van der Waals surface area (Å²) in [4.78, 5) is 27.5. The van der Waals surface area contributed by atoms with Crippen LogP contribution >= 0.6 is 0 Å². The molecule has 3 aromatic carbocycles. The number of hydrogen-bond donors (Lipinski definition) is 0. The fourth-order valence-corrected chi connectivity index (χ4v) is 10.9. The molecule has 2 amide bonds. The molecular formula is C34H41NO5Si. The monoisotopic (exact) mass is 571 g/mol. The van der Waals surface area contributed by atoms with Gasteiger partial charge < -0.3 is 13.9 Å². The van der Waals surface area contributed by atoms with Gasteiger partial charge in [0.1, 0.15) is 6.61 Å². The molecule has 0 aromatic heterocycles. The molecule has 0 unspecified atom stereocenters. The summed E-state index contributed by atoms with van der Waals surface area (Å²) < 4.78 is 18.9. The molecule has 6 nitrogen and oxygen atoms in total. The Morgan fingerprint density at radius 2 is 1.49 bits per heavy atom. The maximum Gasteiger partial charge on any atom is 0.416 e. The van der Waals surface area contributed by atoms with E-state index in [4.69, 9.17) is 13.9 Å². The topological polar surface area (TPSA) is 65.1 Å². The van der Waals surface area contributed by atoms with E-state index in [9.17, 15) is 9.59 Å². The van der Waals surface area contributed by atoms with E-state index < -0.39 is 20.3 Å². The minimum absolute atomic E-state index is 0.123. The van der Waals surface area contributed by atoms with Gasteiger partial charge in [-0.1, -0.05) is 119 Å². The van der Waals surface area contributed by atoms with Gasteiger partial charge in [-0.25, -0.2) is 9.69 Å². The van der Waals surface area contributed by atoms with Crippen molar-refractivity contribution < 1.29 is 23.5 Å². The van der Waals surface area contributed by atoms with Crippen LogP contribution in [0, 0.1) is 5.92 Å². The van der Waals surface area contributed by atoms with Crippen molar-refractivity contribution >= 4 is 30.7 Å². The first-order valence-corrected chi connectivity index (χ1v) is 16.6. The van der Waals surface area contributed by atoms with Crippen LogP contribution in [0.15, 0.2) is 91.0 Å². The molecule has 0 spiro atoms. The smallest absolute Gasteiger partial charge is 0.416 e. The Bertz CT molecular complexity index is 1270. The molecule has 41 heavy (non-hydrogen) atoms. The van der Waals surface area contributed by atoms with Crippen molar-refractivity contribution in [2.45, 2.75) is 70.2 Å². The Morgan fingerprint density at radius 3 is 2.05 bits per heavy atom. The molecule has 7 heteroatoms. The first kappa shape index (κ1) is 29.2. The Labute approximate surface area is 244 Å². The highest BCUT2D eigenvalue weighted by Gasteiger charge is 2.51. The van der Waals surface area contributed by atoms with Crippen LogP contribution in [-0.2, 0) is 25.1 Å². The molecule has 216 valence electrons. The summed E-state index contributed by atoms with van der Waals surface area (Å²) in [7, 11) is -2.68. The first-order chi connectivity index (χ1) is 19.7. The van der Waals surface area contributed by atoms with E-state index in [1.165, 1.54) is 15.3 Å². The lowest BCUT2D eigenvalue weighted by molar-refractivity contribution is -0.138. The van der Waals surface area contributed by atoms with Gasteiger partial charge in [-0.05, 0) is 40.2 Å². The molecule has 3 aromatic rings. The molecule has 5 rings (SSSR count). The summed E-state index contributed by atoms with van der Waals surface area (Å²) in [5, 5.41) is 2.34. The van der Waals surface area contributed by atoms with Gasteiger partial charge in [-0.3, -0.25) is 4.79 Å². The van der Waals surface area contributed by atoms with Gasteiger partial charge >= 0.3 is 6.09 Å². The maximum absolute atomic E-state index is 13.6. The molecule has 2 fully saturated rings. The lowest BCUT2D eigenvalue weighted by Gasteiger charge is -2.43. The van der Waals surface area contributed by atoms with Gasteiger partial charge in [0.05, 0.1) is 30.8 Å². The number of cyclic esters (lactones) is 1. The molecule has 0 bridgehead atoms. The second-order valence-electron chi connectivity index (χ2n) is 12.3. The van der Waals surface area contributed by atoms with Crippen LogP contribution in [-0.4, -0.2) is 56.7 Å². The van der Waals surface area contributed by atoms with Crippen LogP contribution in [0.1, 0.15) is 46.1 Å². The van der Waals surface area contributed by atoms with Crippen LogP contribution in [0.2, 0.25) is 5.04 Å². The zero-order chi connectivity index (χ0) is 29.0. The minimum atomic E-state index is -2.68. The van der Waals surface area contributed by atoms with E-state index >= 15 is 0 Å². The van der Waals surface area contributed by atoms with E-state index in [1.54, 1.807) is 0 Å². The number of hydrogen-bond acceptors (Lipinski definition) is 5. The summed E-state index contributed by atoms with van der Waals surface area (Å²) in [6.45, 7) is 9.32. The van der Waals surface area contributed by atoms with Gasteiger partial charge in [0.15, 0.2) is 0 Å². The SMILES string of the molecule is C[C@H](C(=O)N1C(=O)OC[C@H]1Cc1ccccc1)[C@H]1CC[C@@H](CO[Si](c2ccccc2)(c2ccccc2)C(C)(C)C)O1. The van der Waals surface area contributed by atoms with Gasteiger partial charge in [0.2, 0.25) is 5.91 Å². The number of imide groups is 1. The van der Waals surface area contributed by atoms with Gasteiger partial charge in [-0.15, -0.1) is 0 Å². The number of ether oxygens (including phenoxy) is 2. The fourth-order valence-electron chi connectivity index (χ4n) is 6.35. The van der Waals surface area contributed by atoms with Crippen molar-refractivity contribution in [3.05, 3.63) is 96.6 Å². The van der Waals surface area contributed by atoms with Crippen molar-refractivity contribution in [1.29, 1.82) is 0 Å². The van der Waals surface area contributed by atoms with Crippen molar-refractivity contribution in [3.8, 4) is 0 Å². The van der Waals surface area contributed by atoms with Crippen LogP contribution in [0.4, 0.5) is 4.79 Å². The second kappa shape index (κ2) is 12.3. The predicted molar refractivity (Wildman–Crippen MR) is 163 cm³/mol. The summed E-state index contributed by atoms with van der Waals surface area (Å²) >= 11 is 0. The second-order valence-corrected chi connectivity index (χ2v) is 16.6. The number of rotatable bonds is 9. The first-order valence-electron chi connectivity index (χ1n) is 14.6. The van der Waals surface area contributed by atoms with Crippen molar-refractivity contribution in [2.75, 3.05) is 13.2 Å². The van der Waals surface area contributed by atoms with Crippen molar-refractivity contribution in [1.82, 2.24) is 4.90 Å². The third-order valence-electron chi connectivity index (χ3n) is 8.50. The van der Waals surface area contributed by atoms with Crippen LogP contribution < -0.4 is 10.4 Å². The Kier molecular flexibility index (Phi) is 8.78. The summed E-state index contributed by atoms with van der Waals surface area (Å²) in [5.41, 5.74) is 1.07. The molecule has 2 aliphatic rings. The van der Waals surface area contributed by atoms with Gasteiger partial charge in [0, 0.05) is 0 Å². The number of nitrogens with zero attached hydrogens (tertiary/aromatic N) is 1. The van der Waals surface area contributed by atoms with Crippen LogP contribution in [0.3, 0.4) is 0 Å². The Balaban J connectivity index is 1.29. The molecular weight excluding hydrogens is 530 g/mol. The molecule has 2 saturated heterocycles. The molecule has 2 aliphatic heterocycles. The third kappa shape index (κ3) is 6.03. The largest absolute Gasteiger partial charge is 0.447 e. The molecule has 0 aliphatic carbocycles. The third-order valence-corrected chi connectivity index (χ3v) is 13.5. The summed E-state index contributed by atoms with van der Waals surface area (Å²) in [6.07, 6.45) is 1.16. The number of carbonyl (C=O) groups is 2. The number of amides is 2. The molecule has 2 heterocycles.